The van der Waals surface area contributed by atoms with E-state index < -0.39 is 22.0 Å². The number of hydrogen-bond acceptors (Lipinski definition) is 7. The van der Waals surface area contributed by atoms with Crippen molar-refractivity contribution in [3.05, 3.63) is 60.2 Å². The second-order valence-electron chi connectivity index (χ2n) is 11.4. The lowest BCUT2D eigenvalue weighted by Gasteiger charge is -2.33. The zero-order valence-corrected chi connectivity index (χ0v) is 24.6. The van der Waals surface area contributed by atoms with E-state index in [4.69, 9.17) is 14.2 Å². The van der Waals surface area contributed by atoms with Crippen molar-refractivity contribution in [1.29, 1.82) is 0 Å². The number of benzene rings is 2. The van der Waals surface area contributed by atoms with Gasteiger partial charge in [0, 0.05) is 31.5 Å². The molecule has 2 aromatic rings. The van der Waals surface area contributed by atoms with Gasteiger partial charge in [-0.1, -0.05) is 44.2 Å². The maximum absolute atomic E-state index is 13.6. The average molecular weight is 574 g/mol. The number of carbonyl (C=O) groups excluding carboxylic acids is 1. The van der Waals surface area contributed by atoms with Gasteiger partial charge in [0.05, 0.1) is 30.6 Å². The Hall–Kier alpha value is -2.46. The second kappa shape index (κ2) is 13.9. The highest BCUT2D eigenvalue weighted by Gasteiger charge is 2.40. The molecule has 0 spiro atoms. The number of nitrogens with zero attached hydrogens (tertiary/aromatic N) is 1. The summed E-state index contributed by atoms with van der Waals surface area (Å²) in [6.45, 7) is 4.68. The van der Waals surface area contributed by atoms with Crippen molar-refractivity contribution >= 4 is 16.0 Å². The Kier molecular flexibility index (Phi) is 10.6. The molecule has 9 heteroatoms. The van der Waals surface area contributed by atoms with Crippen molar-refractivity contribution in [2.75, 3.05) is 26.8 Å². The van der Waals surface area contributed by atoms with Gasteiger partial charge in [-0.25, -0.2) is 8.42 Å². The van der Waals surface area contributed by atoms with E-state index in [9.17, 15) is 18.3 Å². The van der Waals surface area contributed by atoms with Crippen molar-refractivity contribution < 1.29 is 32.5 Å². The average Bonchev–Trinajstić information content (AvgIpc) is 3.43. The second-order valence-corrected chi connectivity index (χ2v) is 13.4. The predicted octanol–water partition coefficient (Wildman–Crippen LogP) is 4.45. The van der Waals surface area contributed by atoms with E-state index in [1.54, 1.807) is 12.1 Å². The van der Waals surface area contributed by atoms with Gasteiger partial charge in [0.1, 0.15) is 11.9 Å². The van der Waals surface area contributed by atoms with Crippen LogP contribution in [0.5, 0.6) is 5.75 Å². The van der Waals surface area contributed by atoms with E-state index >= 15 is 0 Å². The number of aliphatic hydroxyl groups excluding tert-OH is 1. The highest BCUT2D eigenvalue weighted by Crippen LogP contribution is 2.36. The van der Waals surface area contributed by atoms with E-state index in [0.29, 0.717) is 18.8 Å². The molecule has 2 aromatic carbocycles. The molecule has 1 N–H and O–H groups in total. The molecule has 8 nitrogen and oxygen atoms in total. The van der Waals surface area contributed by atoms with Crippen molar-refractivity contribution in [3.63, 3.8) is 0 Å². The molecule has 0 radical (unpaired) electrons. The number of methoxy groups -OCH3 is 1. The minimum Gasteiger partial charge on any atom is -0.497 e. The SMILES string of the molecule is COc1ccc(S(=O)(=O)N(CC(C)C)C[C@@H](O)[C@@H](CC(=O)O[C@H]2CCC[C@H]3OCC[C@@H]23)Cc2ccccc2)cc1. The van der Waals surface area contributed by atoms with Gasteiger partial charge in [-0.15, -0.1) is 0 Å². The van der Waals surface area contributed by atoms with Gasteiger partial charge in [-0.05, 0) is 67.9 Å². The molecule has 0 amide bonds. The quantitative estimate of drug-likeness (QED) is 0.353. The van der Waals surface area contributed by atoms with Crippen LogP contribution in [-0.4, -0.2) is 68.9 Å². The Bertz CT molecular complexity index is 1190. The van der Waals surface area contributed by atoms with Crippen molar-refractivity contribution in [1.82, 2.24) is 4.31 Å². The summed E-state index contributed by atoms with van der Waals surface area (Å²) >= 11 is 0. The third kappa shape index (κ3) is 7.84. The predicted molar refractivity (Wildman–Crippen MR) is 152 cm³/mol. The fraction of sp³-hybridized carbons (Fsp3) is 0.581. The topological polar surface area (TPSA) is 102 Å². The zero-order chi connectivity index (χ0) is 28.7. The van der Waals surface area contributed by atoms with Crippen LogP contribution in [0.15, 0.2) is 59.5 Å². The molecule has 1 saturated carbocycles. The molecule has 2 fully saturated rings. The Balaban J connectivity index is 1.51. The number of sulfonamides is 1. The highest BCUT2D eigenvalue weighted by atomic mass is 32.2. The molecular formula is C31H43NO7S. The Morgan fingerprint density at radius 3 is 2.45 bits per heavy atom. The van der Waals surface area contributed by atoms with Crippen LogP contribution in [0.25, 0.3) is 0 Å². The van der Waals surface area contributed by atoms with Crippen LogP contribution >= 0.6 is 0 Å². The minimum absolute atomic E-state index is 0.00288. The zero-order valence-electron chi connectivity index (χ0n) is 23.8. The van der Waals surface area contributed by atoms with Crippen molar-refractivity contribution in [3.8, 4) is 5.75 Å². The number of ether oxygens (including phenoxy) is 3. The first-order valence-corrected chi connectivity index (χ1v) is 15.8. The first-order chi connectivity index (χ1) is 19.2. The fourth-order valence-corrected chi connectivity index (χ4v) is 7.51. The molecule has 1 heterocycles. The summed E-state index contributed by atoms with van der Waals surface area (Å²) in [5, 5.41) is 11.5. The van der Waals surface area contributed by atoms with Crippen LogP contribution in [0, 0.1) is 17.8 Å². The first kappa shape index (κ1) is 30.5. The highest BCUT2D eigenvalue weighted by molar-refractivity contribution is 7.89. The lowest BCUT2D eigenvalue weighted by molar-refractivity contribution is -0.157. The van der Waals surface area contributed by atoms with Gasteiger partial charge in [0.25, 0.3) is 0 Å². The van der Waals surface area contributed by atoms with Gasteiger partial charge in [0.15, 0.2) is 0 Å². The fourth-order valence-electron chi connectivity index (χ4n) is 5.89. The molecule has 2 aliphatic rings. The molecule has 0 aromatic heterocycles. The molecule has 4 rings (SSSR count). The van der Waals surface area contributed by atoms with Crippen LogP contribution in [0.2, 0.25) is 0 Å². The minimum atomic E-state index is -3.90. The van der Waals surface area contributed by atoms with E-state index in [0.717, 1.165) is 31.2 Å². The summed E-state index contributed by atoms with van der Waals surface area (Å²) < 4.78 is 45.6. The number of rotatable bonds is 13. The standard InChI is InChI=1S/C31H43NO7S/c1-22(2)20-32(40(35,36)26-14-12-25(37-3)13-15-26)21-28(33)24(18-23-8-5-4-6-9-23)19-31(34)39-30-11-7-10-29-27(30)16-17-38-29/h4-6,8-9,12-15,22,24,27-30,33H,7,10-11,16-21H2,1-3H3/t24-,27-,28-,29-,30+/m1/s1. The van der Waals surface area contributed by atoms with E-state index in [2.05, 4.69) is 0 Å². The molecule has 1 saturated heterocycles. The number of carbonyl (C=O) groups is 1. The molecule has 0 unspecified atom stereocenters. The third-order valence-electron chi connectivity index (χ3n) is 7.97. The van der Waals surface area contributed by atoms with Gasteiger partial charge in [-0.2, -0.15) is 4.31 Å². The number of fused-ring (bicyclic) bond motifs is 1. The monoisotopic (exact) mass is 573 g/mol. The van der Waals surface area contributed by atoms with E-state index in [-0.39, 0.29) is 54.4 Å². The molecule has 5 atom stereocenters. The summed E-state index contributed by atoms with van der Waals surface area (Å²) in [7, 11) is -2.37. The summed E-state index contributed by atoms with van der Waals surface area (Å²) in [6.07, 6.45) is 3.02. The summed E-state index contributed by atoms with van der Waals surface area (Å²) in [5.41, 5.74) is 0.967. The summed E-state index contributed by atoms with van der Waals surface area (Å²) in [4.78, 5) is 13.4. The van der Waals surface area contributed by atoms with E-state index in [1.807, 2.05) is 44.2 Å². The molecular weight excluding hydrogens is 530 g/mol. The Labute approximate surface area is 238 Å². The lowest BCUT2D eigenvalue weighted by atomic mass is 9.83. The molecule has 1 aliphatic heterocycles. The van der Waals surface area contributed by atoms with Crippen LogP contribution in [-0.2, 0) is 30.7 Å². The maximum Gasteiger partial charge on any atom is 0.306 e. The van der Waals surface area contributed by atoms with Gasteiger partial charge in [-0.3, -0.25) is 4.79 Å². The van der Waals surface area contributed by atoms with Crippen molar-refractivity contribution in [2.24, 2.45) is 17.8 Å². The molecule has 40 heavy (non-hydrogen) atoms. The van der Waals surface area contributed by atoms with Crippen LogP contribution in [0.1, 0.15) is 51.5 Å². The largest absolute Gasteiger partial charge is 0.497 e. The Morgan fingerprint density at radius 1 is 1.05 bits per heavy atom. The molecule has 0 bridgehead atoms. The maximum atomic E-state index is 13.6. The van der Waals surface area contributed by atoms with Crippen molar-refractivity contribution in [2.45, 2.75) is 75.6 Å². The van der Waals surface area contributed by atoms with Gasteiger partial charge in [0.2, 0.25) is 10.0 Å². The molecule has 220 valence electrons. The number of aliphatic hydroxyl groups is 1. The summed E-state index contributed by atoms with van der Waals surface area (Å²) in [6, 6.07) is 15.9. The van der Waals surface area contributed by atoms with Crippen LogP contribution < -0.4 is 4.74 Å². The third-order valence-corrected chi connectivity index (χ3v) is 9.81. The lowest BCUT2D eigenvalue weighted by Crippen LogP contribution is -2.43. The number of esters is 1. The molecule has 1 aliphatic carbocycles. The first-order valence-electron chi connectivity index (χ1n) is 14.3. The summed E-state index contributed by atoms with van der Waals surface area (Å²) in [5.74, 6) is -0.0536. The Morgan fingerprint density at radius 2 is 1.77 bits per heavy atom. The van der Waals surface area contributed by atoms with E-state index in [1.165, 1.54) is 23.5 Å². The van der Waals surface area contributed by atoms with Crippen LogP contribution in [0.3, 0.4) is 0 Å². The number of hydrogen-bond donors (Lipinski definition) is 1. The van der Waals surface area contributed by atoms with Gasteiger partial charge >= 0.3 is 5.97 Å². The normalized spacial score (nSPS) is 22.6. The van der Waals surface area contributed by atoms with Crippen LogP contribution in [0.4, 0.5) is 0 Å². The van der Waals surface area contributed by atoms with Gasteiger partial charge < -0.3 is 19.3 Å². The smallest absolute Gasteiger partial charge is 0.306 e.